The number of rotatable bonds is 10. The van der Waals surface area contributed by atoms with E-state index in [1.54, 1.807) is 6.92 Å². The fourth-order valence-corrected chi connectivity index (χ4v) is 4.03. The SMILES string of the molecule is CCCCCC1C=CC(COc2ccc(-c3ccc(OCC)c(F)c3F)c(F)c2F)CC1. The summed E-state index contributed by atoms with van der Waals surface area (Å²) in [7, 11) is 0. The van der Waals surface area contributed by atoms with Crippen molar-refractivity contribution >= 4 is 0 Å². The predicted molar refractivity (Wildman–Crippen MR) is 118 cm³/mol. The van der Waals surface area contributed by atoms with Crippen molar-refractivity contribution in [1.29, 1.82) is 0 Å². The smallest absolute Gasteiger partial charge is 0.201 e. The number of benzene rings is 2. The molecule has 1 aliphatic rings. The summed E-state index contributed by atoms with van der Waals surface area (Å²) in [5.41, 5.74) is -0.750. The Hall–Kier alpha value is -2.50. The van der Waals surface area contributed by atoms with Crippen LogP contribution in [0.4, 0.5) is 17.6 Å². The van der Waals surface area contributed by atoms with Crippen molar-refractivity contribution in [3.05, 3.63) is 59.7 Å². The molecular weight excluding hydrogens is 420 g/mol. The molecule has 0 radical (unpaired) electrons. The van der Waals surface area contributed by atoms with E-state index in [1.165, 1.54) is 49.9 Å². The van der Waals surface area contributed by atoms with Crippen LogP contribution >= 0.6 is 0 Å². The standard InChI is InChI=1S/C26H30F4O2/c1-3-5-6-7-17-8-10-18(11-9-17)16-32-22-15-13-20(24(28)26(22)30)19-12-14-21(31-4-2)25(29)23(19)27/h8,10,12-15,17-18H,3-7,9,11,16H2,1-2H3. The van der Waals surface area contributed by atoms with E-state index in [-0.39, 0.29) is 41.8 Å². The highest BCUT2D eigenvalue weighted by Gasteiger charge is 2.23. The highest BCUT2D eigenvalue weighted by atomic mass is 19.2. The second-order valence-electron chi connectivity index (χ2n) is 8.20. The summed E-state index contributed by atoms with van der Waals surface area (Å²) in [4.78, 5) is 0. The molecule has 0 saturated heterocycles. The third kappa shape index (κ3) is 5.64. The summed E-state index contributed by atoms with van der Waals surface area (Å²) in [5.74, 6) is -4.81. The van der Waals surface area contributed by atoms with Crippen molar-refractivity contribution in [3.63, 3.8) is 0 Å². The summed E-state index contributed by atoms with van der Waals surface area (Å²) >= 11 is 0. The summed E-state index contributed by atoms with van der Waals surface area (Å²) in [6, 6.07) is 4.82. The first-order valence-corrected chi connectivity index (χ1v) is 11.4. The molecule has 0 bridgehead atoms. The molecule has 0 N–H and O–H groups in total. The number of hydrogen-bond acceptors (Lipinski definition) is 2. The third-order valence-corrected chi connectivity index (χ3v) is 5.88. The zero-order valence-electron chi connectivity index (χ0n) is 18.6. The van der Waals surface area contributed by atoms with E-state index in [0.29, 0.717) is 5.92 Å². The summed E-state index contributed by atoms with van der Waals surface area (Å²) in [6.45, 7) is 4.21. The molecule has 2 nitrogen and oxygen atoms in total. The van der Waals surface area contributed by atoms with Gasteiger partial charge < -0.3 is 9.47 Å². The number of unbranched alkanes of at least 4 members (excludes halogenated alkanes) is 2. The van der Waals surface area contributed by atoms with Crippen LogP contribution < -0.4 is 9.47 Å². The Bertz CT molecular complexity index is 942. The van der Waals surface area contributed by atoms with Gasteiger partial charge in [0, 0.05) is 17.0 Å². The maximum atomic E-state index is 14.7. The lowest BCUT2D eigenvalue weighted by molar-refractivity contribution is 0.241. The zero-order valence-corrected chi connectivity index (χ0v) is 18.6. The normalized spacial score (nSPS) is 18.1. The maximum Gasteiger partial charge on any atom is 0.201 e. The second kappa shape index (κ2) is 11.4. The molecule has 1 aliphatic carbocycles. The molecule has 0 aliphatic heterocycles. The molecule has 174 valence electrons. The Balaban J connectivity index is 1.67. The van der Waals surface area contributed by atoms with Crippen LogP contribution in [0.25, 0.3) is 11.1 Å². The molecule has 2 aromatic rings. The third-order valence-electron chi connectivity index (χ3n) is 5.88. The van der Waals surface area contributed by atoms with Gasteiger partial charge >= 0.3 is 0 Å². The molecule has 6 heteroatoms. The van der Waals surface area contributed by atoms with Gasteiger partial charge in [0.05, 0.1) is 13.2 Å². The average Bonchev–Trinajstić information content (AvgIpc) is 2.80. The Morgan fingerprint density at radius 3 is 1.81 bits per heavy atom. The van der Waals surface area contributed by atoms with Crippen molar-refractivity contribution < 1.29 is 27.0 Å². The van der Waals surface area contributed by atoms with E-state index in [2.05, 4.69) is 19.1 Å². The molecule has 0 spiro atoms. The van der Waals surface area contributed by atoms with Gasteiger partial charge in [0.2, 0.25) is 11.6 Å². The average molecular weight is 451 g/mol. The number of ether oxygens (including phenoxy) is 2. The summed E-state index contributed by atoms with van der Waals surface area (Å²) in [6.07, 6.45) is 11.2. The van der Waals surface area contributed by atoms with Gasteiger partial charge in [0.25, 0.3) is 0 Å². The monoisotopic (exact) mass is 450 g/mol. The Labute approximate surface area is 187 Å². The Morgan fingerprint density at radius 2 is 1.28 bits per heavy atom. The van der Waals surface area contributed by atoms with E-state index >= 15 is 0 Å². The van der Waals surface area contributed by atoms with Crippen molar-refractivity contribution in [2.45, 2.75) is 52.4 Å². The lowest BCUT2D eigenvalue weighted by atomic mass is 9.86. The summed E-state index contributed by atoms with van der Waals surface area (Å²) < 4.78 is 68.4. The molecule has 0 heterocycles. The van der Waals surface area contributed by atoms with Gasteiger partial charge in [0.15, 0.2) is 23.1 Å². The first-order chi connectivity index (χ1) is 15.5. The van der Waals surface area contributed by atoms with E-state index in [0.717, 1.165) is 12.8 Å². The van der Waals surface area contributed by atoms with E-state index in [1.807, 2.05) is 0 Å². The Morgan fingerprint density at radius 1 is 0.719 bits per heavy atom. The second-order valence-corrected chi connectivity index (χ2v) is 8.20. The van der Waals surface area contributed by atoms with Crippen molar-refractivity contribution in [2.75, 3.05) is 13.2 Å². The topological polar surface area (TPSA) is 18.5 Å². The molecular formula is C26H30F4O2. The van der Waals surface area contributed by atoms with Crippen LogP contribution in [0.1, 0.15) is 52.4 Å². The van der Waals surface area contributed by atoms with Crippen LogP contribution in [0.15, 0.2) is 36.4 Å². The minimum Gasteiger partial charge on any atom is -0.491 e. The molecule has 3 rings (SSSR count). The first kappa shape index (κ1) is 24.1. The first-order valence-electron chi connectivity index (χ1n) is 11.4. The molecule has 0 aromatic heterocycles. The minimum atomic E-state index is -1.29. The zero-order chi connectivity index (χ0) is 23.1. The molecule has 2 unspecified atom stereocenters. The lowest BCUT2D eigenvalue weighted by Gasteiger charge is -2.23. The largest absolute Gasteiger partial charge is 0.491 e. The van der Waals surface area contributed by atoms with Gasteiger partial charge in [-0.15, -0.1) is 0 Å². The summed E-state index contributed by atoms with van der Waals surface area (Å²) in [5, 5.41) is 0. The fourth-order valence-electron chi connectivity index (χ4n) is 4.03. The van der Waals surface area contributed by atoms with Gasteiger partial charge in [-0.05, 0) is 56.4 Å². The van der Waals surface area contributed by atoms with Crippen LogP contribution in [0.5, 0.6) is 11.5 Å². The lowest BCUT2D eigenvalue weighted by Crippen LogP contribution is -2.16. The number of halogens is 4. The van der Waals surface area contributed by atoms with E-state index in [4.69, 9.17) is 9.47 Å². The van der Waals surface area contributed by atoms with Crippen LogP contribution in [0, 0.1) is 35.1 Å². The quantitative estimate of drug-likeness (QED) is 0.208. The molecule has 2 aromatic carbocycles. The molecule has 2 atom stereocenters. The van der Waals surface area contributed by atoms with Crippen LogP contribution in [-0.4, -0.2) is 13.2 Å². The van der Waals surface area contributed by atoms with Gasteiger partial charge in [-0.25, -0.2) is 8.78 Å². The molecule has 0 saturated carbocycles. The minimum absolute atomic E-state index is 0.136. The number of hydrogen-bond donors (Lipinski definition) is 0. The maximum absolute atomic E-state index is 14.7. The van der Waals surface area contributed by atoms with Gasteiger partial charge in [-0.1, -0.05) is 38.3 Å². The molecule has 0 fully saturated rings. The molecule has 32 heavy (non-hydrogen) atoms. The van der Waals surface area contributed by atoms with Gasteiger partial charge in [-0.3, -0.25) is 0 Å². The van der Waals surface area contributed by atoms with Gasteiger partial charge in [-0.2, -0.15) is 8.78 Å². The van der Waals surface area contributed by atoms with Crippen LogP contribution in [0.3, 0.4) is 0 Å². The van der Waals surface area contributed by atoms with Crippen LogP contribution in [0.2, 0.25) is 0 Å². The van der Waals surface area contributed by atoms with E-state index in [9.17, 15) is 17.6 Å². The van der Waals surface area contributed by atoms with Crippen molar-refractivity contribution in [3.8, 4) is 22.6 Å². The highest BCUT2D eigenvalue weighted by Crippen LogP contribution is 2.35. The predicted octanol–water partition coefficient (Wildman–Crippen LogP) is 7.85. The van der Waals surface area contributed by atoms with Gasteiger partial charge in [0.1, 0.15) is 0 Å². The molecule has 0 amide bonds. The fraction of sp³-hybridized carbons (Fsp3) is 0.462. The van der Waals surface area contributed by atoms with Crippen LogP contribution in [-0.2, 0) is 0 Å². The van der Waals surface area contributed by atoms with E-state index < -0.39 is 23.3 Å². The van der Waals surface area contributed by atoms with Crippen molar-refractivity contribution in [2.24, 2.45) is 11.8 Å². The Kier molecular flexibility index (Phi) is 8.60. The van der Waals surface area contributed by atoms with Crippen molar-refractivity contribution in [1.82, 2.24) is 0 Å². The number of allylic oxidation sites excluding steroid dienone is 1. The highest BCUT2D eigenvalue weighted by molar-refractivity contribution is 5.67.